The maximum Gasteiger partial charge on any atom is 0.404 e. The van der Waals surface area contributed by atoms with Crippen LogP contribution >= 0.6 is 11.6 Å². The first kappa shape index (κ1) is 14.6. The molecule has 0 bridgehead atoms. The highest BCUT2D eigenvalue weighted by atomic mass is 35.5. The van der Waals surface area contributed by atoms with Gasteiger partial charge in [-0.25, -0.2) is 9.31 Å². The molecule has 7 nitrogen and oxygen atoms in total. The predicted octanol–water partition coefficient (Wildman–Crippen LogP) is 2.66. The SMILES string of the molecule is CC1(Oc2nc(Cl)cn3ncc(C4CC4)c23)CC(OC(N)=O)C1. The van der Waals surface area contributed by atoms with Gasteiger partial charge in [-0.2, -0.15) is 10.1 Å². The van der Waals surface area contributed by atoms with Crippen LogP contribution in [0.4, 0.5) is 4.79 Å². The smallest absolute Gasteiger partial charge is 0.404 e. The third-order valence-corrected chi connectivity index (χ3v) is 4.61. The number of carbonyl (C=O) groups is 1. The third-order valence-electron chi connectivity index (χ3n) is 4.43. The summed E-state index contributed by atoms with van der Waals surface area (Å²) in [5.41, 5.74) is 6.61. The summed E-state index contributed by atoms with van der Waals surface area (Å²) in [4.78, 5) is 15.1. The van der Waals surface area contributed by atoms with E-state index in [1.165, 1.54) is 0 Å². The van der Waals surface area contributed by atoms with Crippen molar-refractivity contribution in [3.8, 4) is 5.88 Å². The lowest BCUT2D eigenvalue weighted by atomic mass is 9.79. The minimum atomic E-state index is -0.757. The molecule has 2 aromatic rings. The number of nitrogens with two attached hydrogens (primary N) is 1. The molecule has 4 rings (SSSR count). The number of carbonyl (C=O) groups excluding carboxylic acids is 1. The first-order valence-electron chi connectivity index (χ1n) is 7.62. The zero-order valence-electron chi connectivity index (χ0n) is 12.7. The van der Waals surface area contributed by atoms with Gasteiger partial charge in [0.05, 0.1) is 12.4 Å². The highest BCUT2D eigenvalue weighted by molar-refractivity contribution is 6.29. The van der Waals surface area contributed by atoms with Crippen molar-refractivity contribution in [1.82, 2.24) is 14.6 Å². The molecule has 0 atom stereocenters. The second-order valence-electron chi connectivity index (χ2n) is 6.56. The highest BCUT2D eigenvalue weighted by Gasteiger charge is 2.45. The Morgan fingerprint density at radius 1 is 1.48 bits per heavy atom. The van der Waals surface area contributed by atoms with Gasteiger partial charge in [0.15, 0.2) is 5.15 Å². The Kier molecular flexibility index (Phi) is 3.16. The van der Waals surface area contributed by atoms with Gasteiger partial charge in [-0.1, -0.05) is 11.6 Å². The van der Waals surface area contributed by atoms with Crippen LogP contribution in [0.1, 0.15) is 44.1 Å². The summed E-state index contributed by atoms with van der Waals surface area (Å²) in [5.74, 6) is 1.01. The molecular formula is C15H17ClN4O3. The number of hydrogen-bond acceptors (Lipinski definition) is 5. The van der Waals surface area contributed by atoms with Gasteiger partial charge in [-0.3, -0.25) is 0 Å². The zero-order valence-corrected chi connectivity index (χ0v) is 13.4. The number of nitrogens with zero attached hydrogens (tertiary/aromatic N) is 3. The molecular weight excluding hydrogens is 320 g/mol. The second kappa shape index (κ2) is 4.99. The number of aromatic nitrogens is 3. The van der Waals surface area contributed by atoms with Gasteiger partial charge in [0.2, 0.25) is 5.88 Å². The fourth-order valence-corrected chi connectivity index (χ4v) is 3.38. The van der Waals surface area contributed by atoms with E-state index in [0.717, 1.165) is 23.9 Å². The molecule has 2 aromatic heterocycles. The summed E-state index contributed by atoms with van der Waals surface area (Å²) in [7, 11) is 0. The van der Waals surface area contributed by atoms with Crippen molar-refractivity contribution >= 4 is 23.2 Å². The van der Waals surface area contributed by atoms with Crippen LogP contribution in [0, 0.1) is 0 Å². The lowest BCUT2D eigenvalue weighted by Gasteiger charge is -2.43. The summed E-state index contributed by atoms with van der Waals surface area (Å²) in [6.07, 6.45) is 6.04. The molecule has 23 heavy (non-hydrogen) atoms. The van der Waals surface area contributed by atoms with E-state index in [9.17, 15) is 4.79 Å². The average molecular weight is 337 g/mol. The Balaban J connectivity index is 1.61. The fraction of sp³-hybridized carbons (Fsp3) is 0.533. The summed E-state index contributed by atoms with van der Waals surface area (Å²) in [6.45, 7) is 1.96. The lowest BCUT2D eigenvalue weighted by molar-refractivity contribution is -0.0858. The number of fused-ring (bicyclic) bond motifs is 1. The Bertz CT molecular complexity index is 780. The van der Waals surface area contributed by atoms with E-state index >= 15 is 0 Å². The zero-order chi connectivity index (χ0) is 16.2. The molecule has 2 saturated carbocycles. The van der Waals surface area contributed by atoms with E-state index in [0.29, 0.717) is 29.8 Å². The number of ether oxygens (including phenoxy) is 2. The van der Waals surface area contributed by atoms with Crippen LogP contribution in [-0.4, -0.2) is 32.4 Å². The molecule has 2 fully saturated rings. The number of hydrogen-bond donors (Lipinski definition) is 1. The number of primary amides is 1. The number of halogens is 1. The van der Waals surface area contributed by atoms with Crippen LogP contribution in [0.5, 0.6) is 5.88 Å². The van der Waals surface area contributed by atoms with Crippen molar-refractivity contribution in [2.45, 2.75) is 50.2 Å². The minimum absolute atomic E-state index is 0.208. The van der Waals surface area contributed by atoms with Gasteiger partial charge in [-0.05, 0) is 25.7 Å². The fourth-order valence-electron chi connectivity index (χ4n) is 3.21. The standard InChI is InChI=1S/C15H17ClN4O3/c1-15(4-9(5-15)22-14(17)21)23-13-12-10(8-2-3-8)6-18-20(12)7-11(16)19-13/h6-9H,2-5H2,1H3,(H2,17,21). The van der Waals surface area contributed by atoms with E-state index in [-0.39, 0.29) is 6.10 Å². The van der Waals surface area contributed by atoms with Gasteiger partial charge in [0.25, 0.3) is 0 Å². The Labute approximate surface area is 137 Å². The minimum Gasteiger partial charge on any atom is -0.469 e. The van der Waals surface area contributed by atoms with E-state index in [4.69, 9.17) is 26.8 Å². The van der Waals surface area contributed by atoms with Crippen molar-refractivity contribution < 1.29 is 14.3 Å². The monoisotopic (exact) mass is 336 g/mol. The van der Waals surface area contributed by atoms with E-state index < -0.39 is 11.7 Å². The van der Waals surface area contributed by atoms with Gasteiger partial charge in [-0.15, -0.1) is 0 Å². The maximum absolute atomic E-state index is 10.8. The molecule has 0 radical (unpaired) electrons. The first-order chi connectivity index (χ1) is 10.9. The maximum atomic E-state index is 10.8. The van der Waals surface area contributed by atoms with E-state index in [1.807, 2.05) is 13.1 Å². The molecule has 8 heteroatoms. The summed E-state index contributed by atoms with van der Waals surface area (Å²) < 4.78 is 12.8. The van der Waals surface area contributed by atoms with Crippen LogP contribution in [0.3, 0.4) is 0 Å². The summed E-state index contributed by atoms with van der Waals surface area (Å²) in [6, 6.07) is 0. The predicted molar refractivity (Wildman–Crippen MR) is 82.7 cm³/mol. The Morgan fingerprint density at radius 3 is 2.87 bits per heavy atom. The molecule has 0 aromatic carbocycles. The van der Waals surface area contributed by atoms with E-state index in [2.05, 4.69) is 10.1 Å². The van der Waals surface area contributed by atoms with Crippen LogP contribution in [0.25, 0.3) is 5.52 Å². The molecule has 0 aliphatic heterocycles. The molecule has 2 aliphatic carbocycles. The van der Waals surface area contributed by atoms with E-state index in [1.54, 1.807) is 10.7 Å². The molecule has 2 N–H and O–H groups in total. The normalized spacial score (nSPS) is 26.8. The van der Waals surface area contributed by atoms with Gasteiger partial charge >= 0.3 is 6.09 Å². The lowest BCUT2D eigenvalue weighted by Crippen LogP contribution is -2.51. The van der Waals surface area contributed by atoms with Crippen molar-refractivity contribution in [2.24, 2.45) is 5.73 Å². The average Bonchev–Trinajstić information content (AvgIpc) is 3.17. The van der Waals surface area contributed by atoms with Gasteiger partial charge < -0.3 is 15.2 Å². The van der Waals surface area contributed by atoms with Crippen molar-refractivity contribution in [1.29, 1.82) is 0 Å². The van der Waals surface area contributed by atoms with Gasteiger partial charge in [0.1, 0.15) is 17.2 Å². The molecule has 1 amide bonds. The molecule has 0 saturated heterocycles. The van der Waals surface area contributed by atoms with Crippen molar-refractivity contribution in [3.63, 3.8) is 0 Å². The van der Waals surface area contributed by atoms with Crippen molar-refractivity contribution in [3.05, 3.63) is 23.1 Å². The molecule has 2 aliphatic rings. The van der Waals surface area contributed by atoms with Crippen LogP contribution in [0.2, 0.25) is 5.15 Å². The van der Waals surface area contributed by atoms with Crippen LogP contribution in [0.15, 0.2) is 12.4 Å². The molecule has 122 valence electrons. The number of amides is 1. The van der Waals surface area contributed by atoms with Crippen molar-refractivity contribution in [2.75, 3.05) is 0 Å². The second-order valence-corrected chi connectivity index (χ2v) is 6.94. The Morgan fingerprint density at radius 2 is 2.22 bits per heavy atom. The first-order valence-corrected chi connectivity index (χ1v) is 8.00. The Hall–Kier alpha value is -2.02. The van der Waals surface area contributed by atoms with Crippen LogP contribution in [-0.2, 0) is 4.74 Å². The quantitative estimate of drug-likeness (QED) is 0.926. The third kappa shape index (κ3) is 2.69. The molecule has 2 heterocycles. The van der Waals surface area contributed by atoms with Gasteiger partial charge in [0, 0.05) is 18.4 Å². The number of rotatable bonds is 4. The summed E-state index contributed by atoms with van der Waals surface area (Å²) >= 11 is 6.08. The topological polar surface area (TPSA) is 91.7 Å². The largest absolute Gasteiger partial charge is 0.469 e. The molecule has 0 unspecified atom stereocenters. The molecule has 0 spiro atoms. The van der Waals surface area contributed by atoms with Crippen LogP contribution < -0.4 is 10.5 Å². The highest BCUT2D eigenvalue weighted by Crippen LogP contribution is 2.45. The summed E-state index contributed by atoms with van der Waals surface area (Å²) in [5, 5.41) is 4.68.